The quantitative estimate of drug-likeness (QED) is 0.320. The van der Waals surface area contributed by atoms with Crippen LogP contribution in [0.15, 0.2) is 41.1 Å². The van der Waals surface area contributed by atoms with Crippen LogP contribution in [0.3, 0.4) is 0 Å². The van der Waals surface area contributed by atoms with E-state index in [0.29, 0.717) is 42.1 Å². The highest BCUT2D eigenvalue weighted by atomic mass is 35.5. The van der Waals surface area contributed by atoms with Crippen LogP contribution >= 0.6 is 11.6 Å². The molecule has 4 rings (SSSR count). The maximum Gasteiger partial charge on any atom is 0.419 e. The Morgan fingerprint density at radius 1 is 1.16 bits per heavy atom. The maximum absolute atomic E-state index is 13.6. The van der Waals surface area contributed by atoms with E-state index >= 15 is 0 Å². The highest BCUT2D eigenvalue weighted by Crippen LogP contribution is 2.33. The van der Waals surface area contributed by atoms with Gasteiger partial charge in [0.1, 0.15) is 11.0 Å². The SMILES string of the molecule is Cc1nc(CCn2nc(Nc3ccc(F)c(C(F)(F)F)c3)nc2-c2ccnc(Cl)c2)no1. The molecule has 0 saturated carbocycles. The molecule has 0 spiro atoms. The average Bonchev–Trinajstić information content (AvgIpc) is 3.33. The standard InChI is InChI=1S/C19H14ClF4N7O/c1-10-26-16(30-32-10)5-7-31-17(11-4-6-25-15(20)8-11)28-18(29-31)27-12-2-3-14(21)13(9-12)19(22,23)24/h2-4,6,8-9H,5,7H2,1H3,(H,27,29). The third kappa shape index (κ3) is 4.85. The summed E-state index contributed by atoms with van der Waals surface area (Å²) < 4.78 is 59.1. The van der Waals surface area contributed by atoms with Crippen molar-refractivity contribution in [2.75, 3.05) is 5.32 Å². The number of benzene rings is 1. The Kier molecular flexibility index (Phi) is 5.78. The first-order chi connectivity index (χ1) is 15.2. The van der Waals surface area contributed by atoms with E-state index in [4.69, 9.17) is 16.1 Å². The number of pyridine rings is 1. The molecule has 0 aliphatic rings. The predicted molar refractivity (Wildman–Crippen MR) is 106 cm³/mol. The number of hydrogen-bond acceptors (Lipinski definition) is 7. The topological polar surface area (TPSA) is 94.6 Å². The van der Waals surface area contributed by atoms with E-state index in [1.165, 1.54) is 10.9 Å². The number of nitrogens with zero attached hydrogens (tertiary/aromatic N) is 6. The largest absolute Gasteiger partial charge is 0.419 e. The lowest BCUT2D eigenvalue weighted by Crippen LogP contribution is -2.09. The van der Waals surface area contributed by atoms with E-state index < -0.39 is 17.6 Å². The van der Waals surface area contributed by atoms with Crippen LogP contribution in [0.2, 0.25) is 5.15 Å². The van der Waals surface area contributed by atoms with Gasteiger partial charge in [-0.2, -0.15) is 23.1 Å². The van der Waals surface area contributed by atoms with E-state index in [0.717, 1.165) is 12.1 Å². The molecule has 0 saturated heterocycles. The molecule has 8 nitrogen and oxygen atoms in total. The van der Waals surface area contributed by atoms with Crippen molar-refractivity contribution < 1.29 is 22.1 Å². The molecule has 0 amide bonds. The Labute approximate surface area is 183 Å². The van der Waals surface area contributed by atoms with Crippen molar-refractivity contribution in [3.05, 3.63) is 64.8 Å². The van der Waals surface area contributed by atoms with Crippen molar-refractivity contribution >= 4 is 23.2 Å². The molecular formula is C19H14ClF4N7O. The Morgan fingerprint density at radius 3 is 2.66 bits per heavy atom. The second-order valence-corrected chi connectivity index (χ2v) is 7.03. The van der Waals surface area contributed by atoms with Crippen LogP contribution in [0.5, 0.6) is 0 Å². The highest BCUT2D eigenvalue weighted by molar-refractivity contribution is 6.29. The minimum Gasteiger partial charge on any atom is -0.340 e. The summed E-state index contributed by atoms with van der Waals surface area (Å²) in [7, 11) is 0. The summed E-state index contributed by atoms with van der Waals surface area (Å²) in [6, 6.07) is 5.78. The van der Waals surface area contributed by atoms with Gasteiger partial charge in [-0.05, 0) is 30.3 Å². The molecule has 166 valence electrons. The molecule has 0 fully saturated rings. The normalized spacial score (nSPS) is 11.7. The molecule has 0 atom stereocenters. The number of alkyl halides is 3. The summed E-state index contributed by atoms with van der Waals surface area (Å²) in [4.78, 5) is 12.4. The Hall–Kier alpha value is -3.54. The van der Waals surface area contributed by atoms with Gasteiger partial charge in [-0.3, -0.25) is 0 Å². The molecule has 13 heteroatoms. The molecule has 0 aliphatic carbocycles. The second-order valence-electron chi connectivity index (χ2n) is 6.65. The van der Waals surface area contributed by atoms with Gasteiger partial charge in [0.25, 0.3) is 0 Å². The molecule has 3 aromatic heterocycles. The number of halogens is 5. The van der Waals surface area contributed by atoms with E-state index in [1.807, 2.05) is 0 Å². The summed E-state index contributed by atoms with van der Waals surface area (Å²) in [5.74, 6) is -0.102. The monoisotopic (exact) mass is 467 g/mol. The van der Waals surface area contributed by atoms with E-state index in [1.54, 1.807) is 19.1 Å². The molecule has 0 bridgehead atoms. The van der Waals surface area contributed by atoms with Gasteiger partial charge in [0.2, 0.25) is 11.8 Å². The fourth-order valence-electron chi connectivity index (χ4n) is 2.90. The minimum atomic E-state index is -4.84. The molecule has 1 aromatic carbocycles. The Morgan fingerprint density at radius 2 is 1.97 bits per heavy atom. The van der Waals surface area contributed by atoms with Crippen molar-refractivity contribution in [3.8, 4) is 11.4 Å². The van der Waals surface area contributed by atoms with Gasteiger partial charge in [0.05, 0.1) is 12.1 Å². The van der Waals surface area contributed by atoms with Crippen molar-refractivity contribution in [1.29, 1.82) is 0 Å². The summed E-state index contributed by atoms with van der Waals surface area (Å²) in [6.45, 7) is 1.95. The van der Waals surface area contributed by atoms with Gasteiger partial charge in [-0.15, -0.1) is 5.10 Å². The minimum absolute atomic E-state index is 0.0111. The first-order valence-electron chi connectivity index (χ1n) is 9.19. The number of anilines is 2. The van der Waals surface area contributed by atoms with Crippen LogP contribution in [0.25, 0.3) is 11.4 Å². The van der Waals surface area contributed by atoms with Gasteiger partial charge in [0.15, 0.2) is 11.6 Å². The Bertz CT molecular complexity index is 1250. The van der Waals surface area contributed by atoms with E-state index in [9.17, 15) is 17.6 Å². The zero-order valence-electron chi connectivity index (χ0n) is 16.4. The van der Waals surface area contributed by atoms with Crippen LogP contribution in [-0.2, 0) is 19.1 Å². The van der Waals surface area contributed by atoms with Crippen LogP contribution in [0.4, 0.5) is 29.2 Å². The smallest absolute Gasteiger partial charge is 0.340 e. The maximum atomic E-state index is 13.6. The van der Waals surface area contributed by atoms with Crippen molar-refractivity contribution in [2.45, 2.75) is 26.1 Å². The van der Waals surface area contributed by atoms with Crippen LogP contribution < -0.4 is 5.32 Å². The number of aromatic nitrogens is 6. The summed E-state index contributed by atoms with van der Waals surface area (Å²) in [5.41, 5.74) is -0.829. The fourth-order valence-corrected chi connectivity index (χ4v) is 3.08. The lowest BCUT2D eigenvalue weighted by molar-refractivity contribution is -0.139. The van der Waals surface area contributed by atoms with Crippen molar-refractivity contribution in [1.82, 2.24) is 29.9 Å². The van der Waals surface area contributed by atoms with Gasteiger partial charge in [0, 0.05) is 30.8 Å². The third-order valence-corrected chi connectivity index (χ3v) is 4.51. The first kappa shape index (κ1) is 21.7. The van der Waals surface area contributed by atoms with E-state index in [-0.39, 0.29) is 16.8 Å². The second kappa shape index (κ2) is 8.54. The van der Waals surface area contributed by atoms with Gasteiger partial charge in [-0.25, -0.2) is 14.1 Å². The highest BCUT2D eigenvalue weighted by Gasteiger charge is 2.34. The first-order valence-corrected chi connectivity index (χ1v) is 9.56. The predicted octanol–water partition coefficient (Wildman–Crippen LogP) is 4.83. The average molecular weight is 468 g/mol. The van der Waals surface area contributed by atoms with E-state index in [2.05, 4.69) is 30.5 Å². The number of rotatable bonds is 6. The number of aryl methyl sites for hydroxylation is 3. The summed E-state index contributed by atoms with van der Waals surface area (Å²) in [6.07, 6.45) is -2.99. The van der Waals surface area contributed by atoms with Gasteiger partial charge < -0.3 is 9.84 Å². The molecule has 1 N–H and O–H groups in total. The summed E-state index contributed by atoms with van der Waals surface area (Å²) >= 11 is 5.98. The van der Waals surface area contributed by atoms with Crippen molar-refractivity contribution in [3.63, 3.8) is 0 Å². The molecule has 4 aromatic rings. The molecule has 0 radical (unpaired) electrons. The van der Waals surface area contributed by atoms with Gasteiger partial charge >= 0.3 is 6.18 Å². The van der Waals surface area contributed by atoms with Crippen molar-refractivity contribution in [2.24, 2.45) is 0 Å². The lowest BCUT2D eigenvalue weighted by atomic mass is 10.2. The number of hydrogen-bond donors (Lipinski definition) is 1. The molecule has 3 heterocycles. The number of nitrogens with one attached hydrogen (secondary N) is 1. The summed E-state index contributed by atoms with van der Waals surface area (Å²) in [5, 5.41) is 11.1. The molecular weight excluding hydrogens is 454 g/mol. The zero-order chi connectivity index (χ0) is 22.9. The van der Waals surface area contributed by atoms with Crippen LogP contribution in [0.1, 0.15) is 17.3 Å². The van der Waals surface area contributed by atoms with Gasteiger partial charge in [-0.1, -0.05) is 16.8 Å². The molecule has 0 unspecified atom stereocenters. The third-order valence-electron chi connectivity index (χ3n) is 4.30. The molecule has 0 aliphatic heterocycles. The zero-order valence-corrected chi connectivity index (χ0v) is 17.1. The lowest BCUT2D eigenvalue weighted by Gasteiger charge is -2.10. The van der Waals surface area contributed by atoms with Crippen LogP contribution in [-0.4, -0.2) is 29.9 Å². The fraction of sp³-hybridized carbons (Fsp3) is 0.211. The Balaban J connectivity index is 1.66. The molecule has 32 heavy (non-hydrogen) atoms. The van der Waals surface area contributed by atoms with Crippen LogP contribution in [0, 0.1) is 12.7 Å².